The average Bonchev–Trinajstić information content (AvgIpc) is 3.41. The molecule has 1 fully saturated rings. The lowest BCUT2D eigenvalue weighted by Gasteiger charge is -2.23. The predicted octanol–water partition coefficient (Wildman–Crippen LogP) is 5.03. The molecule has 1 saturated heterocycles. The zero-order chi connectivity index (χ0) is 25.6. The van der Waals surface area contributed by atoms with Gasteiger partial charge in [0.05, 0.1) is 29.8 Å². The second-order valence-electron chi connectivity index (χ2n) is 8.95. The summed E-state index contributed by atoms with van der Waals surface area (Å²) in [6.45, 7) is 3.99. The number of nitrogens with zero attached hydrogens (tertiary/aromatic N) is 2. The first-order valence-electron chi connectivity index (χ1n) is 11.5. The lowest BCUT2D eigenvalue weighted by Crippen LogP contribution is -2.30. The Morgan fingerprint density at radius 2 is 1.83 bits per heavy atom. The Kier molecular flexibility index (Phi) is 5.72. The number of phenols is 1. The number of carbonyl (C=O) groups is 2. The third-order valence-electron chi connectivity index (χ3n) is 6.36. The standard InChI is InChI=1S/C28H25N3O5/c1-15(2)19-14-17(11-12-22(19)36-3)25(33)23-24(16-7-6-8-18(32)13-16)31(27(35)26(23)34)28-29-20-9-4-5-10-21(20)30-28/h4-15,24,32-33H,1-3H3,(H,29,30)/b25-23+. The highest BCUT2D eigenvalue weighted by Gasteiger charge is 2.48. The largest absolute Gasteiger partial charge is 0.508 e. The Bertz CT molecular complexity index is 1500. The fraction of sp³-hybridized carbons (Fsp3) is 0.179. The van der Waals surface area contributed by atoms with E-state index >= 15 is 0 Å². The van der Waals surface area contributed by atoms with Gasteiger partial charge >= 0.3 is 5.91 Å². The molecule has 0 saturated carbocycles. The SMILES string of the molecule is COc1ccc(/C(O)=C2\C(=O)C(=O)N(c3nc4ccccc4[nH]3)C2c2cccc(O)c2)cc1C(C)C. The first kappa shape index (κ1) is 23.2. The molecular formula is C28H25N3O5. The van der Waals surface area contributed by atoms with Crippen molar-refractivity contribution in [3.8, 4) is 11.5 Å². The van der Waals surface area contributed by atoms with E-state index in [1.54, 1.807) is 43.5 Å². The minimum atomic E-state index is -1.01. The number of Topliss-reactive ketones (excluding diaryl/α,β-unsaturated/α-hetero) is 1. The van der Waals surface area contributed by atoms with Gasteiger partial charge in [0.15, 0.2) is 0 Å². The van der Waals surface area contributed by atoms with E-state index in [1.807, 2.05) is 32.0 Å². The lowest BCUT2D eigenvalue weighted by molar-refractivity contribution is -0.132. The highest BCUT2D eigenvalue weighted by Crippen LogP contribution is 2.43. The van der Waals surface area contributed by atoms with Crippen LogP contribution >= 0.6 is 0 Å². The molecule has 8 heteroatoms. The third kappa shape index (κ3) is 3.76. The number of nitrogens with one attached hydrogen (secondary N) is 1. The number of aliphatic hydroxyl groups excluding tert-OH is 1. The van der Waals surface area contributed by atoms with Crippen molar-refractivity contribution < 1.29 is 24.5 Å². The smallest absolute Gasteiger partial charge is 0.302 e. The maximum absolute atomic E-state index is 13.4. The van der Waals surface area contributed by atoms with Crippen LogP contribution in [-0.4, -0.2) is 39.0 Å². The number of phenolic OH excluding ortho intramolecular Hbond substituents is 1. The number of aliphatic hydroxyl groups is 1. The summed E-state index contributed by atoms with van der Waals surface area (Å²) in [6.07, 6.45) is 0. The van der Waals surface area contributed by atoms with E-state index in [0.29, 0.717) is 27.9 Å². The van der Waals surface area contributed by atoms with Crippen molar-refractivity contribution in [3.05, 3.63) is 89.0 Å². The monoisotopic (exact) mass is 483 g/mol. The summed E-state index contributed by atoms with van der Waals surface area (Å²) < 4.78 is 5.45. The maximum atomic E-state index is 13.4. The summed E-state index contributed by atoms with van der Waals surface area (Å²) in [4.78, 5) is 35.6. The molecular weight excluding hydrogens is 458 g/mol. The number of ether oxygens (including phenoxy) is 1. The molecule has 1 atom stereocenters. The number of hydrogen-bond acceptors (Lipinski definition) is 6. The molecule has 1 aliphatic rings. The molecule has 5 rings (SSSR count). The number of H-pyrrole nitrogens is 1. The zero-order valence-corrected chi connectivity index (χ0v) is 20.0. The van der Waals surface area contributed by atoms with E-state index < -0.39 is 17.7 Å². The molecule has 0 bridgehead atoms. The van der Waals surface area contributed by atoms with Crippen LogP contribution in [0.1, 0.15) is 42.5 Å². The molecule has 1 amide bonds. The van der Waals surface area contributed by atoms with Crippen molar-refractivity contribution >= 4 is 34.4 Å². The number of aromatic nitrogens is 2. The number of hydrogen-bond donors (Lipinski definition) is 3. The summed E-state index contributed by atoms with van der Waals surface area (Å²) >= 11 is 0. The van der Waals surface area contributed by atoms with Crippen LogP contribution in [-0.2, 0) is 9.59 Å². The minimum Gasteiger partial charge on any atom is -0.508 e. The van der Waals surface area contributed by atoms with Crippen molar-refractivity contribution in [2.45, 2.75) is 25.8 Å². The number of methoxy groups -OCH3 is 1. The number of fused-ring (bicyclic) bond motifs is 1. The van der Waals surface area contributed by atoms with E-state index in [2.05, 4.69) is 9.97 Å². The molecule has 3 N–H and O–H groups in total. The number of para-hydroxylation sites is 2. The number of carbonyl (C=O) groups excluding carboxylic acids is 2. The number of aromatic amines is 1. The summed E-state index contributed by atoms with van der Waals surface area (Å²) in [6, 6.07) is 17.6. The van der Waals surface area contributed by atoms with Crippen molar-refractivity contribution in [2.24, 2.45) is 0 Å². The topological polar surface area (TPSA) is 116 Å². The Morgan fingerprint density at radius 3 is 2.53 bits per heavy atom. The average molecular weight is 484 g/mol. The van der Waals surface area contributed by atoms with E-state index in [0.717, 1.165) is 5.56 Å². The summed E-state index contributed by atoms with van der Waals surface area (Å²) in [5.74, 6) is -1.10. The number of benzene rings is 3. The van der Waals surface area contributed by atoms with E-state index in [9.17, 15) is 19.8 Å². The molecule has 3 aromatic carbocycles. The molecule has 1 aliphatic heterocycles. The Balaban J connectivity index is 1.73. The highest BCUT2D eigenvalue weighted by molar-refractivity contribution is 6.51. The van der Waals surface area contributed by atoms with Crippen molar-refractivity contribution in [1.29, 1.82) is 0 Å². The normalized spacial score (nSPS) is 17.3. The Morgan fingerprint density at radius 1 is 1.06 bits per heavy atom. The van der Waals surface area contributed by atoms with Gasteiger partial charge in [-0.25, -0.2) is 4.98 Å². The molecule has 1 aromatic heterocycles. The van der Waals surface area contributed by atoms with Crippen molar-refractivity contribution in [3.63, 3.8) is 0 Å². The molecule has 36 heavy (non-hydrogen) atoms. The van der Waals surface area contributed by atoms with Crippen molar-refractivity contribution in [1.82, 2.24) is 9.97 Å². The number of rotatable bonds is 5. The van der Waals surface area contributed by atoms with E-state index in [-0.39, 0.29) is 28.9 Å². The van der Waals surface area contributed by atoms with Crippen LogP contribution in [0.4, 0.5) is 5.95 Å². The van der Waals surface area contributed by atoms with Gasteiger partial charge < -0.3 is 19.9 Å². The van der Waals surface area contributed by atoms with Crippen LogP contribution in [0.3, 0.4) is 0 Å². The highest BCUT2D eigenvalue weighted by atomic mass is 16.5. The predicted molar refractivity (Wildman–Crippen MR) is 136 cm³/mol. The molecule has 182 valence electrons. The number of ketones is 1. The number of aromatic hydroxyl groups is 1. The summed E-state index contributed by atoms with van der Waals surface area (Å²) in [7, 11) is 1.57. The molecule has 8 nitrogen and oxygen atoms in total. The fourth-order valence-corrected chi connectivity index (χ4v) is 4.60. The maximum Gasteiger partial charge on any atom is 0.302 e. The number of imidazole rings is 1. The summed E-state index contributed by atoms with van der Waals surface area (Å²) in [5.41, 5.74) is 2.91. The van der Waals surface area contributed by atoms with E-state index in [4.69, 9.17) is 4.74 Å². The van der Waals surface area contributed by atoms with Crippen LogP contribution in [0.2, 0.25) is 0 Å². The van der Waals surface area contributed by atoms with Crippen molar-refractivity contribution in [2.75, 3.05) is 12.0 Å². The lowest BCUT2D eigenvalue weighted by atomic mass is 9.93. The summed E-state index contributed by atoms with van der Waals surface area (Å²) in [5, 5.41) is 21.6. The molecule has 0 aliphatic carbocycles. The molecule has 4 aromatic rings. The second-order valence-corrected chi connectivity index (χ2v) is 8.95. The second kappa shape index (κ2) is 8.88. The zero-order valence-electron chi connectivity index (χ0n) is 20.0. The van der Waals surface area contributed by atoms with Crippen LogP contribution < -0.4 is 9.64 Å². The first-order chi connectivity index (χ1) is 17.3. The van der Waals surface area contributed by atoms with Crippen LogP contribution in [0.5, 0.6) is 11.5 Å². The Hall–Kier alpha value is -4.59. The van der Waals surface area contributed by atoms with Gasteiger partial charge in [0.1, 0.15) is 17.3 Å². The molecule has 1 unspecified atom stereocenters. The van der Waals surface area contributed by atoms with Crippen LogP contribution in [0.15, 0.2) is 72.3 Å². The van der Waals surface area contributed by atoms with Gasteiger partial charge in [-0.15, -0.1) is 0 Å². The van der Waals surface area contributed by atoms with Crippen LogP contribution in [0.25, 0.3) is 16.8 Å². The van der Waals surface area contributed by atoms with Gasteiger partial charge in [-0.2, -0.15) is 0 Å². The van der Waals surface area contributed by atoms with Gasteiger partial charge in [-0.05, 0) is 59.5 Å². The molecule has 2 heterocycles. The van der Waals surface area contributed by atoms with Gasteiger partial charge in [-0.1, -0.05) is 38.1 Å². The molecule has 0 radical (unpaired) electrons. The number of anilines is 1. The first-order valence-corrected chi connectivity index (χ1v) is 11.5. The van der Waals surface area contributed by atoms with Gasteiger partial charge in [0.25, 0.3) is 5.78 Å². The number of amides is 1. The Labute approximate surface area is 207 Å². The molecule has 0 spiro atoms. The fourth-order valence-electron chi connectivity index (χ4n) is 4.60. The van der Waals surface area contributed by atoms with Gasteiger partial charge in [-0.3, -0.25) is 14.5 Å². The van der Waals surface area contributed by atoms with E-state index in [1.165, 1.54) is 17.0 Å². The quantitative estimate of drug-likeness (QED) is 0.208. The van der Waals surface area contributed by atoms with Crippen LogP contribution in [0, 0.1) is 0 Å². The van der Waals surface area contributed by atoms with Gasteiger partial charge in [0, 0.05) is 5.56 Å². The minimum absolute atomic E-state index is 0.0331. The van der Waals surface area contributed by atoms with Gasteiger partial charge in [0.2, 0.25) is 5.95 Å². The third-order valence-corrected chi connectivity index (χ3v) is 6.36.